The third-order valence-electron chi connectivity index (χ3n) is 4.25. The molecular formula is C17H12F3N9. The quantitative estimate of drug-likeness (QED) is 0.461. The molecule has 0 bridgehead atoms. The van der Waals surface area contributed by atoms with Crippen LogP contribution in [0.15, 0.2) is 49.1 Å². The van der Waals surface area contributed by atoms with E-state index in [1.54, 1.807) is 9.20 Å². The van der Waals surface area contributed by atoms with E-state index in [0.29, 0.717) is 29.1 Å². The molecule has 0 aliphatic heterocycles. The van der Waals surface area contributed by atoms with Crippen LogP contribution in [0, 0.1) is 0 Å². The van der Waals surface area contributed by atoms with Gasteiger partial charge in [-0.05, 0) is 24.3 Å². The second-order valence-electron chi connectivity index (χ2n) is 6.39. The van der Waals surface area contributed by atoms with Gasteiger partial charge in [0, 0.05) is 18.0 Å². The first-order valence-electron chi connectivity index (χ1n) is 8.54. The first-order valence-corrected chi connectivity index (χ1v) is 8.54. The van der Waals surface area contributed by atoms with E-state index in [0.717, 1.165) is 15.9 Å². The highest BCUT2D eigenvalue weighted by atomic mass is 19.4. The Labute approximate surface area is 160 Å². The normalized spacial score (nSPS) is 12.2. The maximum atomic E-state index is 12.5. The number of rotatable bonds is 4. The minimum atomic E-state index is -4.35. The van der Waals surface area contributed by atoms with Gasteiger partial charge in [-0.2, -0.15) is 23.4 Å². The fourth-order valence-electron chi connectivity index (χ4n) is 2.97. The van der Waals surface area contributed by atoms with Gasteiger partial charge in [-0.25, -0.2) is 19.2 Å². The zero-order valence-corrected chi connectivity index (χ0v) is 14.7. The molecule has 0 saturated heterocycles. The van der Waals surface area contributed by atoms with Gasteiger partial charge in [0.15, 0.2) is 5.65 Å². The van der Waals surface area contributed by atoms with E-state index in [9.17, 15) is 13.2 Å². The van der Waals surface area contributed by atoms with Crippen molar-refractivity contribution >= 4 is 16.8 Å². The SMILES string of the molecule is FC(F)(F)Cn1cc(-c2cnc3nnn(Cc4ccc5cccn5n4)c3n2)cn1. The van der Waals surface area contributed by atoms with Crippen LogP contribution in [0.3, 0.4) is 0 Å². The Hall–Kier alpha value is -3.83. The van der Waals surface area contributed by atoms with Crippen molar-refractivity contribution in [3.8, 4) is 11.3 Å². The number of fused-ring (bicyclic) bond motifs is 2. The second kappa shape index (κ2) is 6.36. The van der Waals surface area contributed by atoms with Crippen LogP contribution in [0.25, 0.3) is 28.1 Å². The molecule has 0 saturated carbocycles. The van der Waals surface area contributed by atoms with E-state index in [1.807, 2.05) is 30.5 Å². The Morgan fingerprint density at radius 2 is 1.97 bits per heavy atom. The number of halogens is 3. The summed E-state index contributed by atoms with van der Waals surface area (Å²) in [6, 6.07) is 7.65. The summed E-state index contributed by atoms with van der Waals surface area (Å²) in [5.74, 6) is 0. The number of hydrogen-bond donors (Lipinski definition) is 0. The Kier molecular flexibility index (Phi) is 3.79. The maximum absolute atomic E-state index is 12.5. The fourth-order valence-corrected chi connectivity index (χ4v) is 2.97. The molecule has 0 unspecified atom stereocenters. The van der Waals surface area contributed by atoms with E-state index in [4.69, 9.17) is 0 Å². The average Bonchev–Trinajstić information content (AvgIpc) is 3.40. The van der Waals surface area contributed by atoms with Gasteiger partial charge in [-0.15, -0.1) is 5.10 Å². The smallest absolute Gasteiger partial charge is 0.263 e. The summed E-state index contributed by atoms with van der Waals surface area (Å²) in [5, 5.41) is 16.3. The molecule has 5 rings (SSSR count). The van der Waals surface area contributed by atoms with E-state index < -0.39 is 12.7 Å². The molecule has 0 spiro atoms. The van der Waals surface area contributed by atoms with Gasteiger partial charge in [0.2, 0.25) is 5.65 Å². The highest BCUT2D eigenvalue weighted by molar-refractivity contribution is 5.69. The fraction of sp³-hybridized carbons (Fsp3) is 0.176. The average molecular weight is 399 g/mol. The van der Waals surface area contributed by atoms with Crippen LogP contribution in [-0.2, 0) is 13.1 Å². The molecule has 29 heavy (non-hydrogen) atoms. The highest BCUT2D eigenvalue weighted by Crippen LogP contribution is 2.21. The lowest BCUT2D eigenvalue weighted by Gasteiger charge is -2.05. The molecule has 5 heterocycles. The summed E-state index contributed by atoms with van der Waals surface area (Å²) in [5.41, 5.74) is 3.24. The largest absolute Gasteiger partial charge is 0.408 e. The molecule has 0 atom stereocenters. The van der Waals surface area contributed by atoms with Gasteiger partial charge in [-0.1, -0.05) is 5.21 Å². The zero-order valence-electron chi connectivity index (χ0n) is 14.7. The predicted molar refractivity (Wildman–Crippen MR) is 94.7 cm³/mol. The van der Waals surface area contributed by atoms with Crippen LogP contribution in [-0.4, -0.2) is 50.5 Å². The summed E-state index contributed by atoms with van der Waals surface area (Å²) < 4.78 is 41.7. The first kappa shape index (κ1) is 17.3. The maximum Gasteiger partial charge on any atom is 0.408 e. The third kappa shape index (κ3) is 3.39. The summed E-state index contributed by atoms with van der Waals surface area (Å²) in [4.78, 5) is 8.67. The Balaban J connectivity index is 1.47. The van der Waals surface area contributed by atoms with Crippen LogP contribution in [0.2, 0.25) is 0 Å². The van der Waals surface area contributed by atoms with Crippen molar-refractivity contribution in [1.29, 1.82) is 0 Å². The monoisotopic (exact) mass is 399 g/mol. The summed E-state index contributed by atoms with van der Waals surface area (Å²) in [6.45, 7) is -0.855. The standard InChI is InChI=1S/C17H12F3N9/c18-17(19,20)10-27-8-11(6-22-27)14-7-21-15-16(23-14)29(26-24-15)9-12-3-4-13-2-1-5-28(13)25-12/h1-8H,9-10H2. The number of hydrogen-bond acceptors (Lipinski definition) is 6. The van der Waals surface area contributed by atoms with E-state index in [-0.39, 0.29) is 0 Å². The van der Waals surface area contributed by atoms with Gasteiger partial charge in [0.1, 0.15) is 6.54 Å². The van der Waals surface area contributed by atoms with Gasteiger partial charge < -0.3 is 0 Å². The van der Waals surface area contributed by atoms with Crippen LogP contribution >= 0.6 is 0 Å². The van der Waals surface area contributed by atoms with Crippen molar-refractivity contribution < 1.29 is 13.2 Å². The lowest BCUT2D eigenvalue weighted by atomic mass is 10.3. The third-order valence-corrected chi connectivity index (χ3v) is 4.25. The minimum absolute atomic E-state index is 0.316. The van der Waals surface area contributed by atoms with Gasteiger partial charge >= 0.3 is 6.18 Å². The molecule has 0 aliphatic rings. The van der Waals surface area contributed by atoms with Gasteiger partial charge in [0.25, 0.3) is 0 Å². The van der Waals surface area contributed by atoms with Crippen LogP contribution in [0.5, 0.6) is 0 Å². The summed E-state index contributed by atoms with van der Waals surface area (Å²) in [7, 11) is 0. The van der Waals surface area contributed by atoms with Crippen molar-refractivity contribution in [3.05, 3.63) is 54.7 Å². The Morgan fingerprint density at radius 3 is 2.83 bits per heavy atom. The molecular weight excluding hydrogens is 387 g/mol. The first-order chi connectivity index (χ1) is 13.9. The molecule has 12 heteroatoms. The summed E-state index contributed by atoms with van der Waals surface area (Å²) in [6.07, 6.45) is 1.51. The van der Waals surface area contributed by atoms with Gasteiger partial charge in [-0.3, -0.25) is 4.68 Å². The minimum Gasteiger partial charge on any atom is -0.263 e. The van der Waals surface area contributed by atoms with Crippen molar-refractivity contribution in [2.45, 2.75) is 19.3 Å². The van der Waals surface area contributed by atoms with Crippen LogP contribution in [0.4, 0.5) is 13.2 Å². The molecule has 0 radical (unpaired) electrons. The summed E-state index contributed by atoms with van der Waals surface area (Å²) >= 11 is 0. The zero-order chi connectivity index (χ0) is 20.0. The number of alkyl halides is 3. The molecule has 5 aromatic heterocycles. The molecule has 9 nitrogen and oxygen atoms in total. The Bertz CT molecular complexity index is 1310. The molecule has 0 fully saturated rings. The molecule has 5 aromatic rings. The number of nitrogens with zero attached hydrogens (tertiary/aromatic N) is 9. The predicted octanol–water partition coefficient (Wildman–Crippen LogP) is 2.34. The topological polar surface area (TPSA) is 91.6 Å². The molecule has 146 valence electrons. The van der Waals surface area contributed by atoms with Crippen molar-refractivity contribution in [2.75, 3.05) is 0 Å². The lowest BCUT2D eigenvalue weighted by Crippen LogP contribution is -2.17. The van der Waals surface area contributed by atoms with E-state index >= 15 is 0 Å². The van der Waals surface area contributed by atoms with Crippen molar-refractivity contribution in [3.63, 3.8) is 0 Å². The molecule has 0 aromatic carbocycles. The molecule has 0 N–H and O–H groups in total. The highest BCUT2D eigenvalue weighted by Gasteiger charge is 2.28. The van der Waals surface area contributed by atoms with Crippen LogP contribution < -0.4 is 0 Å². The number of aromatic nitrogens is 9. The van der Waals surface area contributed by atoms with Crippen molar-refractivity contribution in [1.82, 2.24) is 44.4 Å². The lowest BCUT2D eigenvalue weighted by molar-refractivity contribution is -0.142. The molecule has 0 aliphatic carbocycles. The molecule has 0 amide bonds. The second-order valence-corrected chi connectivity index (χ2v) is 6.39. The van der Waals surface area contributed by atoms with Gasteiger partial charge in [0.05, 0.1) is 35.8 Å². The van der Waals surface area contributed by atoms with E-state index in [1.165, 1.54) is 18.6 Å². The Morgan fingerprint density at radius 1 is 1.07 bits per heavy atom. The van der Waals surface area contributed by atoms with Crippen LogP contribution in [0.1, 0.15) is 5.69 Å². The van der Waals surface area contributed by atoms with Crippen molar-refractivity contribution in [2.24, 2.45) is 0 Å². The van der Waals surface area contributed by atoms with E-state index in [2.05, 4.69) is 30.5 Å².